The van der Waals surface area contributed by atoms with E-state index in [2.05, 4.69) is 0 Å². The summed E-state index contributed by atoms with van der Waals surface area (Å²) in [6.07, 6.45) is 1.63. The van der Waals surface area contributed by atoms with Crippen molar-refractivity contribution in [1.29, 1.82) is 0 Å². The van der Waals surface area contributed by atoms with E-state index in [0.29, 0.717) is 29.3 Å². The Hall–Kier alpha value is -3.54. The van der Waals surface area contributed by atoms with E-state index in [1.807, 2.05) is 39.0 Å². The van der Waals surface area contributed by atoms with Crippen LogP contribution in [0.4, 0.5) is 5.69 Å². The summed E-state index contributed by atoms with van der Waals surface area (Å²) in [5.74, 6) is -0.535. The van der Waals surface area contributed by atoms with E-state index in [1.165, 1.54) is 11.0 Å². The first-order valence-electron chi connectivity index (χ1n) is 10.3. The summed E-state index contributed by atoms with van der Waals surface area (Å²) in [6.45, 7) is 9.86. The van der Waals surface area contributed by atoms with E-state index in [9.17, 15) is 14.7 Å². The van der Waals surface area contributed by atoms with Gasteiger partial charge in [-0.1, -0.05) is 12.1 Å². The molecule has 0 radical (unpaired) electrons. The van der Waals surface area contributed by atoms with Crippen molar-refractivity contribution < 1.29 is 24.2 Å². The number of carbonyl (C=O) groups excluding carboxylic acids is 2. The fourth-order valence-electron chi connectivity index (χ4n) is 3.52. The van der Waals surface area contributed by atoms with Gasteiger partial charge in [-0.15, -0.1) is 0 Å². The SMILES string of the molecule is CCOC(=O)C1=C(C)N(c2ccc(C)c(C)c2)C(=O)/C1=C\c1ccc(O)c(OCC)c1. The lowest BCUT2D eigenvalue weighted by Gasteiger charge is -2.19. The summed E-state index contributed by atoms with van der Waals surface area (Å²) in [7, 11) is 0. The minimum Gasteiger partial charge on any atom is -0.504 e. The zero-order valence-electron chi connectivity index (χ0n) is 18.5. The van der Waals surface area contributed by atoms with Crippen molar-refractivity contribution in [2.45, 2.75) is 34.6 Å². The predicted molar refractivity (Wildman–Crippen MR) is 120 cm³/mol. The monoisotopic (exact) mass is 421 g/mol. The van der Waals surface area contributed by atoms with Crippen LogP contribution >= 0.6 is 0 Å². The number of hydrogen-bond acceptors (Lipinski definition) is 5. The Morgan fingerprint density at radius 1 is 1.03 bits per heavy atom. The maximum absolute atomic E-state index is 13.4. The number of amides is 1. The average molecular weight is 421 g/mol. The zero-order valence-corrected chi connectivity index (χ0v) is 18.5. The molecule has 31 heavy (non-hydrogen) atoms. The molecule has 1 N–H and O–H groups in total. The van der Waals surface area contributed by atoms with Gasteiger partial charge in [-0.05, 0) is 81.7 Å². The third-order valence-electron chi connectivity index (χ3n) is 5.22. The lowest BCUT2D eigenvalue weighted by Crippen LogP contribution is -2.24. The molecule has 0 saturated carbocycles. The first-order chi connectivity index (χ1) is 14.8. The van der Waals surface area contributed by atoms with Gasteiger partial charge in [0.05, 0.1) is 24.4 Å². The van der Waals surface area contributed by atoms with Crippen LogP contribution < -0.4 is 9.64 Å². The highest BCUT2D eigenvalue weighted by Gasteiger charge is 2.38. The van der Waals surface area contributed by atoms with Gasteiger partial charge in [0, 0.05) is 11.4 Å². The van der Waals surface area contributed by atoms with Crippen LogP contribution in [0.3, 0.4) is 0 Å². The van der Waals surface area contributed by atoms with Crippen molar-refractivity contribution in [1.82, 2.24) is 0 Å². The van der Waals surface area contributed by atoms with Crippen LogP contribution in [-0.2, 0) is 14.3 Å². The number of phenols is 1. The van der Waals surface area contributed by atoms with E-state index in [1.54, 1.807) is 32.1 Å². The third kappa shape index (κ3) is 4.33. The Labute approximate surface area is 182 Å². The first kappa shape index (κ1) is 22.2. The van der Waals surface area contributed by atoms with Gasteiger partial charge in [-0.3, -0.25) is 9.69 Å². The van der Waals surface area contributed by atoms with Gasteiger partial charge < -0.3 is 14.6 Å². The number of hydrogen-bond donors (Lipinski definition) is 1. The Morgan fingerprint density at radius 2 is 1.77 bits per heavy atom. The van der Waals surface area contributed by atoms with E-state index in [0.717, 1.165) is 11.1 Å². The molecule has 3 rings (SSSR count). The van der Waals surface area contributed by atoms with Crippen LogP contribution in [0.2, 0.25) is 0 Å². The van der Waals surface area contributed by atoms with Crippen molar-refractivity contribution in [3.05, 3.63) is 69.9 Å². The van der Waals surface area contributed by atoms with Gasteiger partial charge in [0.25, 0.3) is 5.91 Å². The molecule has 1 aliphatic rings. The zero-order chi connectivity index (χ0) is 22.7. The molecule has 0 atom stereocenters. The molecular weight excluding hydrogens is 394 g/mol. The normalized spacial score (nSPS) is 15.1. The van der Waals surface area contributed by atoms with Crippen molar-refractivity contribution in [3.63, 3.8) is 0 Å². The van der Waals surface area contributed by atoms with Gasteiger partial charge in [-0.25, -0.2) is 4.79 Å². The molecule has 1 amide bonds. The number of benzene rings is 2. The number of anilines is 1. The molecule has 2 aromatic rings. The topological polar surface area (TPSA) is 76.1 Å². The summed E-state index contributed by atoms with van der Waals surface area (Å²) >= 11 is 0. The second kappa shape index (κ2) is 9.08. The third-order valence-corrected chi connectivity index (χ3v) is 5.22. The maximum atomic E-state index is 13.4. The van der Waals surface area contributed by atoms with Gasteiger partial charge in [0.1, 0.15) is 0 Å². The maximum Gasteiger partial charge on any atom is 0.340 e. The molecule has 162 valence electrons. The number of phenolic OH excluding ortho intramolecular Hbond substituents is 1. The molecule has 0 unspecified atom stereocenters. The minimum atomic E-state index is -0.547. The van der Waals surface area contributed by atoms with Crippen molar-refractivity contribution in [2.24, 2.45) is 0 Å². The summed E-state index contributed by atoms with van der Waals surface area (Å²) in [5, 5.41) is 9.97. The van der Waals surface area contributed by atoms with Crippen molar-refractivity contribution >= 4 is 23.6 Å². The molecule has 0 aliphatic carbocycles. The van der Waals surface area contributed by atoms with E-state index >= 15 is 0 Å². The number of aromatic hydroxyl groups is 1. The molecule has 0 spiro atoms. The molecule has 0 fully saturated rings. The fraction of sp³-hybridized carbons (Fsp3) is 0.280. The highest BCUT2D eigenvalue weighted by atomic mass is 16.5. The van der Waals surface area contributed by atoms with E-state index in [-0.39, 0.29) is 29.4 Å². The second-order valence-corrected chi connectivity index (χ2v) is 7.31. The van der Waals surface area contributed by atoms with Gasteiger partial charge in [-0.2, -0.15) is 0 Å². The van der Waals surface area contributed by atoms with Crippen molar-refractivity contribution in [2.75, 3.05) is 18.1 Å². The predicted octanol–water partition coefficient (Wildman–Crippen LogP) is 4.68. The Morgan fingerprint density at radius 3 is 2.42 bits per heavy atom. The molecule has 0 saturated heterocycles. The number of aryl methyl sites for hydroxylation is 2. The Balaban J connectivity index is 2.13. The first-order valence-corrected chi connectivity index (χ1v) is 10.3. The number of allylic oxidation sites excluding steroid dienone is 1. The lowest BCUT2D eigenvalue weighted by atomic mass is 10.0. The van der Waals surface area contributed by atoms with Crippen LogP contribution in [0, 0.1) is 13.8 Å². The standard InChI is InChI=1S/C25H27NO5/c1-6-30-22-14-18(9-11-21(22)27)13-20-23(25(29)31-7-2)17(5)26(24(20)28)19-10-8-15(3)16(4)12-19/h8-14,27H,6-7H2,1-5H3/b20-13-. The Kier molecular flexibility index (Phi) is 6.49. The van der Waals surface area contributed by atoms with Gasteiger partial charge >= 0.3 is 5.97 Å². The molecule has 0 aromatic heterocycles. The number of nitrogens with zero attached hydrogens (tertiary/aromatic N) is 1. The molecule has 6 heteroatoms. The fourth-order valence-corrected chi connectivity index (χ4v) is 3.52. The highest BCUT2D eigenvalue weighted by molar-refractivity contribution is 6.23. The smallest absolute Gasteiger partial charge is 0.340 e. The molecular formula is C25H27NO5. The van der Waals surface area contributed by atoms with E-state index < -0.39 is 5.97 Å². The molecule has 2 aromatic carbocycles. The van der Waals surface area contributed by atoms with E-state index in [4.69, 9.17) is 9.47 Å². The summed E-state index contributed by atoms with van der Waals surface area (Å²) in [5.41, 5.74) is 4.47. The molecule has 1 heterocycles. The molecule has 1 aliphatic heterocycles. The van der Waals surface area contributed by atoms with Crippen LogP contribution in [-0.4, -0.2) is 30.2 Å². The van der Waals surface area contributed by atoms with Gasteiger partial charge in [0.2, 0.25) is 0 Å². The number of carbonyl (C=O) groups is 2. The van der Waals surface area contributed by atoms with Crippen LogP contribution in [0.25, 0.3) is 6.08 Å². The average Bonchev–Trinajstić information content (AvgIpc) is 2.97. The molecule has 0 bridgehead atoms. The largest absolute Gasteiger partial charge is 0.504 e. The summed E-state index contributed by atoms with van der Waals surface area (Å²) in [4.78, 5) is 27.7. The number of ether oxygens (including phenoxy) is 2. The highest BCUT2D eigenvalue weighted by Crippen LogP contribution is 2.37. The minimum absolute atomic E-state index is 0.0100. The van der Waals surface area contributed by atoms with Crippen LogP contribution in [0.5, 0.6) is 11.5 Å². The molecule has 6 nitrogen and oxygen atoms in total. The summed E-state index contributed by atoms with van der Waals surface area (Å²) < 4.78 is 10.7. The van der Waals surface area contributed by atoms with Crippen LogP contribution in [0.1, 0.15) is 37.5 Å². The van der Waals surface area contributed by atoms with Crippen molar-refractivity contribution in [3.8, 4) is 11.5 Å². The van der Waals surface area contributed by atoms with Crippen LogP contribution in [0.15, 0.2) is 53.2 Å². The number of rotatable bonds is 6. The quantitative estimate of drug-likeness (QED) is 0.542. The van der Waals surface area contributed by atoms with Gasteiger partial charge in [0.15, 0.2) is 11.5 Å². The Bertz CT molecular complexity index is 1100. The summed E-state index contributed by atoms with van der Waals surface area (Å²) in [6, 6.07) is 10.5. The lowest BCUT2D eigenvalue weighted by molar-refractivity contribution is -0.138. The number of esters is 1. The second-order valence-electron chi connectivity index (χ2n) is 7.31.